The number of Topliss-reactive ketones (excluding diaryl/α,β-unsaturated/α-hetero) is 2. The van der Waals surface area contributed by atoms with E-state index in [4.69, 9.17) is 14.6 Å². The van der Waals surface area contributed by atoms with E-state index >= 15 is 0 Å². The predicted molar refractivity (Wildman–Crippen MR) is 111 cm³/mol. The van der Waals surface area contributed by atoms with Crippen LogP contribution in [0.3, 0.4) is 0 Å². The van der Waals surface area contributed by atoms with Gasteiger partial charge >= 0.3 is 5.97 Å². The second-order valence-electron chi connectivity index (χ2n) is 7.26. The fraction of sp³-hybridized carbons (Fsp3) is 0.381. The highest BCUT2D eigenvalue weighted by Crippen LogP contribution is 2.49. The first-order valence-electron chi connectivity index (χ1n) is 9.40. The molecule has 0 radical (unpaired) electrons. The fourth-order valence-electron chi connectivity index (χ4n) is 4.17. The van der Waals surface area contributed by atoms with Crippen LogP contribution < -0.4 is 4.74 Å². The summed E-state index contributed by atoms with van der Waals surface area (Å²) in [6, 6.07) is 3.58. The average Bonchev–Trinajstić information content (AvgIpc) is 2.66. The second-order valence-corrected chi connectivity index (χ2v) is 8.97. The normalized spacial score (nSPS) is 19.7. The van der Waals surface area contributed by atoms with Gasteiger partial charge in [-0.2, -0.15) is 0 Å². The number of ether oxygens (including phenoxy) is 2. The molecular weight excluding hydrogens is 508 g/mol. The molecule has 2 aliphatic carbocycles. The summed E-state index contributed by atoms with van der Waals surface area (Å²) in [7, 11) is 0. The molecule has 8 heteroatoms. The number of carboxylic acid groups (broad SMARTS) is 1. The highest BCUT2D eigenvalue weighted by molar-refractivity contribution is 9.11. The Hall–Kier alpha value is -1.93. The number of carbonyl (C=O) groups excluding carboxylic acids is 2. The van der Waals surface area contributed by atoms with Crippen molar-refractivity contribution in [3.05, 3.63) is 49.3 Å². The van der Waals surface area contributed by atoms with Crippen LogP contribution in [0.4, 0.5) is 0 Å². The first kappa shape index (κ1) is 20.3. The lowest BCUT2D eigenvalue weighted by Gasteiger charge is -2.36. The Bertz CT molecular complexity index is 926. The van der Waals surface area contributed by atoms with Crippen LogP contribution in [0.15, 0.2) is 43.7 Å². The fourth-order valence-corrected chi connectivity index (χ4v) is 5.62. The minimum atomic E-state index is -1.08. The molecule has 1 aliphatic heterocycles. The Morgan fingerprint density at radius 2 is 1.52 bits per heavy atom. The van der Waals surface area contributed by atoms with Gasteiger partial charge in [-0.1, -0.05) is 0 Å². The van der Waals surface area contributed by atoms with Gasteiger partial charge in [-0.25, -0.2) is 4.79 Å². The van der Waals surface area contributed by atoms with Crippen molar-refractivity contribution in [1.29, 1.82) is 0 Å². The Balaban J connectivity index is 1.83. The van der Waals surface area contributed by atoms with Crippen LogP contribution in [0.1, 0.15) is 50.0 Å². The van der Waals surface area contributed by atoms with Crippen molar-refractivity contribution < 1.29 is 29.0 Å². The van der Waals surface area contributed by atoms with Crippen molar-refractivity contribution >= 4 is 49.4 Å². The average molecular weight is 526 g/mol. The highest BCUT2D eigenvalue weighted by Gasteiger charge is 2.42. The smallest absolute Gasteiger partial charge is 0.341 e. The molecular formula is C21H18Br2O6. The zero-order chi connectivity index (χ0) is 20.7. The SMILES string of the molecule is O=C(O)COc1c(Br)cc(C2C3=C(CCCC3=O)OC3=C2C(=O)CCC3)cc1Br. The number of hydrogen-bond acceptors (Lipinski definition) is 5. The van der Waals surface area contributed by atoms with Crippen molar-refractivity contribution in [1.82, 2.24) is 0 Å². The summed E-state index contributed by atoms with van der Waals surface area (Å²) in [4.78, 5) is 36.5. The molecule has 1 aromatic rings. The van der Waals surface area contributed by atoms with Crippen LogP contribution in [0, 0.1) is 0 Å². The molecule has 0 aromatic heterocycles. The third-order valence-electron chi connectivity index (χ3n) is 5.33. The zero-order valence-corrected chi connectivity index (χ0v) is 18.6. The van der Waals surface area contributed by atoms with E-state index in [1.54, 1.807) is 12.1 Å². The van der Waals surface area contributed by atoms with Crippen LogP contribution in [-0.2, 0) is 19.1 Å². The molecule has 0 unspecified atom stereocenters. The maximum atomic E-state index is 12.8. The molecule has 4 rings (SSSR count). The van der Waals surface area contributed by atoms with E-state index in [-0.39, 0.29) is 11.6 Å². The summed E-state index contributed by atoms with van der Waals surface area (Å²) in [5, 5.41) is 8.88. The third kappa shape index (κ3) is 3.80. The maximum Gasteiger partial charge on any atom is 0.341 e. The standard InChI is InChI=1S/C21H18Br2O6/c22-11-7-10(8-12(23)21(11)28-9-17(26)27)18-19-13(24)3-1-5-15(19)29-16-6-2-4-14(25)20(16)18/h7-8,18H,1-6,9H2,(H,26,27). The Morgan fingerprint density at radius 1 is 1.00 bits per heavy atom. The first-order valence-corrected chi connectivity index (χ1v) is 11.0. The monoisotopic (exact) mass is 524 g/mol. The van der Waals surface area contributed by atoms with Gasteiger partial charge in [0.2, 0.25) is 0 Å². The summed E-state index contributed by atoms with van der Waals surface area (Å²) < 4.78 is 12.5. The topological polar surface area (TPSA) is 89.9 Å². The van der Waals surface area contributed by atoms with E-state index in [2.05, 4.69) is 31.9 Å². The van der Waals surface area contributed by atoms with Gasteiger partial charge in [0.25, 0.3) is 0 Å². The van der Waals surface area contributed by atoms with Crippen molar-refractivity contribution in [2.45, 2.75) is 44.4 Å². The van der Waals surface area contributed by atoms with Crippen molar-refractivity contribution in [3.63, 3.8) is 0 Å². The number of carbonyl (C=O) groups is 3. The zero-order valence-electron chi connectivity index (χ0n) is 15.4. The summed E-state index contributed by atoms with van der Waals surface area (Å²) in [5.41, 5.74) is 1.91. The van der Waals surface area contributed by atoms with Crippen LogP contribution in [0.5, 0.6) is 5.75 Å². The third-order valence-corrected chi connectivity index (χ3v) is 6.51. The molecule has 1 heterocycles. The number of halogens is 2. The van der Waals surface area contributed by atoms with Gasteiger partial charge in [-0.15, -0.1) is 0 Å². The molecule has 3 aliphatic rings. The van der Waals surface area contributed by atoms with E-state index < -0.39 is 18.5 Å². The molecule has 152 valence electrons. The molecule has 0 atom stereocenters. The Labute approximate surface area is 184 Å². The molecule has 0 spiro atoms. The van der Waals surface area contributed by atoms with Crippen molar-refractivity contribution in [2.24, 2.45) is 0 Å². The summed E-state index contributed by atoms with van der Waals surface area (Å²) in [6.45, 7) is -0.477. The number of allylic oxidation sites excluding steroid dienone is 4. The number of carboxylic acids is 1. The van der Waals surface area contributed by atoms with E-state index in [0.717, 1.165) is 18.4 Å². The first-order chi connectivity index (χ1) is 13.9. The number of rotatable bonds is 4. The molecule has 1 aromatic carbocycles. The lowest BCUT2D eigenvalue weighted by molar-refractivity contribution is -0.139. The minimum absolute atomic E-state index is 0.0135. The summed E-state index contributed by atoms with van der Waals surface area (Å²) in [5.74, 6) is 0.185. The molecule has 0 bridgehead atoms. The quantitative estimate of drug-likeness (QED) is 0.607. The van der Waals surface area contributed by atoms with Gasteiger partial charge in [-0.05, 0) is 62.4 Å². The molecule has 0 saturated carbocycles. The molecule has 0 fully saturated rings. The molecule has 1 N–H and O–H groups in total. The molecule has 29 heavy (non-hydrogen) atoms. The van der Waals surface area contributed by atoms with Gasteiger partial charge in [0.15, 0.2) is 18.2 Å². The maximum absolute atomic E-state index is 12.8. The van der Waals surface area contributed by atoms with E-state index in [1.165, 1.54) is 0 Å². The van der Waals surface area contributed by atoms with Crippen LogP contribution >= 0.6 is 31.9 Å². The van der Waals surface area contributed by atoms with Gasteiger partial charge in [0.05, 0.1) is 8.95 Å². The lowest BCUT2D eigenvalue weighted by atomic mass is 9.73. The largest absolute Gasteiger partial charge is 0.480 e. The van der Waals surface area contributed by atoms with Crippen LogP contribution in [0.2, 0.25) is 0 Å². The van der Waals surface area contributed by atoms with Crippen molar-refractivity contribution in [3.8, 4) is 5.75 Å². The summed E-state index contributed by atoms with van der Waals surface area (Å²) in [6.07, 6.45) is 3.75. The number of ketones is 2. The van der Waals surface area contributed by atoms with Crippen molar-refractivity contribution in [2.75, 3.05) is 6.61 Å². The Kier molecular flexibility index (Phi) is 5.66. The van der Waals surface area contributed by atoms with Gasteiger partial charge in [-0.3, -0.25) is 9.59 Å². The van der Waals surface area contributed by atoms with E-state index in [1.807, 2.05) is 0 Å². The molecule has 0 saturated heterocycles. The van der Waals surface area contributed by atoms with Gasteiger partial charge in [0.1, 0.15) is 17.3 Å². The number of benzene rings is 1. The number of hydrogen-bond donors (Lipinski definition) is 1. The minimum Gasteiger partial charge on any atom is -0.480 e. The van der Waals surface area contributed by atoms with Crippen LogP contribution in [-0.4, -0.2) is 29.2 Å². The molecule has 6 nitrogen and oxygen atoms in total. The van der Waals surface area contributed by atoms with E-state index in [0.29, 0.717) is 63.0 Å². The lowest BCUT2D eigenvalue weighted by Crippen LogP contribution is -2.30. The van der Waals surface area contributed by atoms with E-state index in [9.17, 15) is 14.4 Å². The van der Waals surface area contributed by atoms with Crippen LogP contribution in [0.25, 0.3) is 0 Å². The highest BCUT2D eigenvalue weighted by atomic mass is 79.9. The summed E-state index contributed by atoms with van der Waals surface area (Å²) >= 11 is 6.88. The Morgan fingerprint density at radius 3 is 2.00 bits per heavy atom. The predicted octanol–water partition coefficient (Wildman–Crippen LogP) is 4.80. The second kappa shape index (κ2) is 8.07. The van der Waals surface area contributed by atoms with Gasteiger partial charge in [0, 0.05) is 42.7 Å². The molecule has 0 amide bonds. The van der Waals surface area contributed by atoms with Gasteiger partial charge < -0.3 is 14.6 Å². The number of aliphatic carboxylic acids is 1.